The standard InChI is InChI=1S/C18H20N3S2.HI/c1-20(2)13-3-5-15-17(11-13)23-18-12-14(4-6-16(18)19-15)21-7-9-22-10-8-21;/h3-6,11-12H,7-10H2,1-2H3;1H/q+1;/p-1. The quantitative estimate of drug-likeness (QED) is 0.284. The predicted octanol–water partition coefficient (Wildman–Crippen LogP) is -0.00990. The third kappa shape index (κ3) is 3.55. The molecule has 0 aromatic heterocycles. The minimum Gasteiger partial charge on any atom is -1.00 e. The monoisotopic (exact) mass is 469 g/mol. The first-order valence-corrected chi connectivity index (χ1v) is 9.85. The highest BCUT2D eigenvalue weighted by Gasteiger charge is 2.13. The predicted molar refractivity (Wildman–Crippen MR) is 103 cm³/mol. The second-order valence-electron chi connectivity index (χ2n) is 6.01. The first kappa shape index (κ1) is 17.9. The van der Waals surface area contributed by atoms with Gasteiger partial charge in [0, 0.05) is 42.4 Å². The van der Waals surface area contributed by atoms with E-state index in [0.29, 0.717) is 0 Å². The highest BCUT2D eigenvalue weighted by molar-refractivity contribution is 7.99. The Morgan fingerprint density at radius 2 is 1.83 bits per heavy atom. The van der Waals surface area contributed by atoms with Crippen LogP contribution in [0.1, 0.15) is 0 Å². The normalized spacial score (nSPS) is 14.7. The maximum absolute atomic E-state index is 4.83. The Morgan fingerprint density at radius 1 is 1.04 bits per heavy atom. The minimum atomic E-state index is 0. The summed E-state index contributed by atoms with van der Waals surface area (Å²) in [7, 11) is 4.15. The van der Waals surface area contributed by atoms with Crippen molar-refractivity contribution in [3.05, 3.63) is 41.8 Å². The van der Waals surface area contributed by atoms with Crippen LogP contribution in [0.25, 0.3) is 20.8 Å². The lowest BCUT2D eigenvalue weighted by atomic mass is 10.2. The number of rotatable bonds is 1. The van der Waals surface area contributed by atoms with Gasteiger partial charge in [0.25, 0.3) is 0 Å². The molecule has 0 amide bonds. The molecule has 0 bridgehead atoms. The van der Waals surface area contributed by atoms with Crippen LogP contribution in [0.5, 0.6) is 0 Å². The SMILES string of the molecule is C[N+](C)=c1ccc2nc3ccc(N4CCSCC4)cc3sc-2c1.[I-]. The van der Waals surface area contributed by atoms with Crippen molar-refractivity contribution in [3.63, 3.8) is 0 Å². The number of halogens is 1. The van der Waals surface area contributed by atoms with Crippen LogP contribution < -0.4 is 38.8 Å². The summed E-state index contributed by atoms with van der Waals surface area (Å²) in [6, 6.07) is 13.2. The molecular weight excluding hydrogens is 449 g/mol. The summed E-state index contributed by atoms with van der Waals surface area (Å²) in [6.45, 7) is 2.29. The lowest BCUT2D eigenvalue weighted by Gasteiger charge is -2.28. The maximum atomic E-state index is 4.83. The number of nitrogens with zero attached hydrogens (tertiary/aromatic N) is 3. The summed E-state index contributed by atoms with van der Waals surface area (Å²) in [5, 5.41) is 1.22. The Labute approximate surface area is 167 Å². The van der Waals surface area contributed by atoms with Crippen LogP contribution in [0.15, 0.2) is 36.4 Å². The van der Waals surface area contributed by atoms with Crippen LogP contribution in [0.3, 0.4) is 0 Å². The van der Waals surface area contributed by atoms with E-state index < -0.39 is 0 Å². The summed E-state index contributed by atoms with van der Waals surface area (Å²) < 4.78 is 3.40. The van der Waals surface area contributed by atoms with Crippen LogP contribution in [0, 0.1) is 0 Å². The van der Waals surface area contributed by atoms with Crippen molar-refractivity contribution in [1.29, 1.82) is 0 Å². The number of anilines is 1. The topological polar surface area (TPSA) is 19.1 Å². The van der Waals surface area contributed by atoms with Crippen LogP contribution in [0.2, 0.25) is 0 Å². The lowest BCUT2D eigenvalue weighted by molar-refractivity contribution is -0.00000451. The molecule has 6 heteroatoms. The van der Waals surface area contributed by atoms with E-state index in [1.807, 2.05) is 23.1 Å². The molecule has 2 heterocycles. The third-order valence-corrected chi connectivity index (χ3v) is 6.28. The Balaban J connectivity index is 0.00000169. The van der Waals surface area contributed by atoms with E-state index in [1.165, 1.54) is 32.1 Å². The van der Waals surface area contributed by atoms with Gasteiger partial charge in [-0.1, -0.05) is 0 Å². The summed E-state index contributed by atoms with van der Waals surface area (Å²) in [5.41, 5.74) is 3.50. The van der Waals surface area contributed by atoms with E-state index in [-0.39, 0.29) is 24.0 Å². The van der Waals surface area contributed by atoms with Gasteiger partial charge in [0.2, 0.25) is 5.36 Å². The molecule has 4 rings (SSSR count). The number of aromatic nitrogens is 1. The molecule has 2 aliphatic heterocycles. The first-order valence-electron chi connectivity index (χ1n) is 7.88. The molecule has 1 aliphatic carbocycles. The molecule has 0 unspecified atom stereocenters. The van der Waals surface area contributed by atoms with Gasteiger partial charge in [-0.25, -0.2) is 9.56 Å². The molecule has 1 aromatic rings. The van der Waals surface area contributed by atoms with Crippen molar-refractivity contribution < 1.29 is 24.0 Å². The molecule has 0 saturated carbocycles. The molecule has 1 fully saturated rings. The van der Waals surface area contributed by atoms with E-state index in [9.17, 15) is 0 Å². The van der Waals surface area contributed by atoms with Crippen LogP contribution in [-0.2, 0) is 0 Å². The second kappa shape index (κ2) is 7.58. The van der Waals surface area contributed by atoms with Gasteiger partial charge in [0.15, 0.2) is 0 Å². The largest absolute Gasteiger partial charge is 1.00 e. The van der Waals surface area contributed by atoms with E-state index in [1.54, 1.807) is 0 Å². The van der Waals surface area contributed by atoms with Crippen LogP contribution in [-0.4, -0.2) is 43.7 Å². The second-order valence-corrected chi connectivity index (χ2v) is 8.32. The average Bonchev–Trinajstić information content (AvgIpc) is 2.59. The van der Waals surface area contributed by atoms with Gasteiger partial charge >= 0.3 is 0 Å². The zero-order chi connectivity index (χ0) is 15.8. The Morgan fingerprint density at radius 3 is 2.58 bits per heavy atom. The van der Waals surface area contributed by atoms with Crippen molar-refractivity contribution >= 4 is 39.0 Å². The van der Waals surface area contributed by atoms with Gasteiger partial charge in [0.1, 0.15) is 14.1 Å². The van der Waals surface area contributed by atoms with Gasteiger partial charge in [-0.15, -0.1) is 11.3 Å². The van der Waals surface area contributed by atoms with Crippen molar-refractivity contribution in [2.75, 3.05) is 43.6 Å². The highest BCUT2D eigenvalue weighted by atomic mass is 127. The fourth-order valence-electron chi connectivity index (χ4n) is 2.90. The Kier molecular flexibility index (Phi) is 5.66. The van der Waals surface area contributed by atoms with E-state index in [2.05, 4.69) is 60.0 Å². The van der Waals surface area contributed by atoms with Crippen molar-refractivity contribution in [2.24, 2.45) is 0 Å². The van der Waals surface area contributed by atoms with Crippen LogP contribution in [0.4, 0.5) is 5.69 Å². The fraction of sp³-hybridized carbons (Fsp3) is 0.333. The van der Waals surface area contributed by atoms with E-state index >= 15 is 0 Å². The lowest BCUT2D eigenvalue weighted by Crippen LogP contribution is -3.00. The van der Waals surface area contributed by atoms with Crippen molar-refractivity contribution in [1.82, 2.24) is 9.56 Å². The zero-order valence-corrected chi connectivity index (χ0v) is 17.6. The number of thioether (sulfide) groups is 1. The average molecular weight is 469 g/mol. The van der Waals surface area contributed by atoms with Crippen molar-refractivity contribution in [3.8, 4) is 10.6 Å². The highest BCUT2D eigenvalue weighted by Crippen LogP contribution is 2.32. The minimum absolute atomic E-state index is 0. The Hall–Kier alpha value is -0.860. The number of hydrogen-bond acceptors (Lipinski definition) is 4. The Bertz CT molecular complexity index is 896. The smallest absolute Gasteiger partial charge is 0.201 e. The molecule has 24 heavy (non-hydrogen) atoms. The van der Waals surface area contributed by atoms with E-state index in [4.69, 9.17) is 4.98 Å². The summed E-state index contributed by atoms with van der Waals surface area (Å²) >= 11 is 3.89. The molecule has 1 aromatic carbocycles. The molecule has 1 saturated heterocycles. The van der Waals surface area contributed by atoms with Crippen LogP contribution >= 0.6 is 23.1 Å². The summed E-state index contributed by atoms with van der Waals surface area (Å²) in [4.78, 5) is 8.57. The fourth-order valence-corrected chi connectivity index (χ4v) is 4.83. The van der Waals surface area contributed by atoms with Crippen molar-refractivity contribution in [2.45, 2.75) is 0 Å². The number of fused-ring (bicyclic) bond motifs is 2. The maximum Gasteiger partial charge on any atom is 0.201 e. The molecule has 3 aliphatic rings. The third-order valence-electron chi connectivity index (χ3n) is 4.24. The molecule has 3 nitrogen and oxygen atoms in total. The molecule has 0 spiro atoms. The summed E-state index contributed by atoms with van der Waals surface area (Å²) in [5.74, 6) is 2.45. The van der Waals surface area contributed by atoms with Gasteiger partial charge in [-0.2, -0.15) is 11.8 Å². The first-order chi connectivity index (χ1) is 11.2. The molecule has 0 radical (unpaired) electrons. The van der Waals surface area contributed by atoms with E-state index in [0.717, 1.165) is 24.3 Å². The molecular formula is C18H20IN3S2. The van der Waals surface area contributed by atoms with Gasteiger partial charge in [0.05, 0.1) is 20.8 Å². The molecule has 0 N–H and O–H groups in total. The number of hydrogen-bond donors (Lipinski definition) is 0. The molecule has 0 atom stereocenters. The van der Waals surface area contributed by atoms with Gasteiger partial charge in [-0.05, 0) is 24.3 Å². The molecule has 126 valence electrons. The van der Waals surface area contributed by atoms with Gasteiger partial charge in [-0.3, -0.25) is 0 Å². The number of benzene rings is 2. The van der Waals surface area contributed by atoms with Gasteiger partial charge < -0.3 is 28.9 Å². The zero-order valence-electron chi connectivity index (χ0n) is 13.8. The summed E-state index contributed by atoms with van der Waals surface area (Å²) in [6.07, 6.45) is 0.